The van der Waals surface area contributed by atoms with Crippen molar-refractivity contribution in [2.75, 3.05) is 0 Å². The summed E-state index contributed by atoms with van der Waals surface area (Å²) in [6, 6.07) is 0. The number of hydrogen-bond donors (Lipinski definition) is 0. The summed E-state index contributed by atoms with van der Waals surface area (Å²) < 4.78 is 0. The molecule has 60 valence electrons. The molecule has 0 aromatic heterocycles. The summed E-state index contributed by atoms with van der Waals surface area (Å²) in [6.07, 6.45) is 8.91. The van der Waals surface area contributed by atoms with Gasteiger partial charge in [-0.2, -0.15) is 0 Å². The number of rotatable bonds is 0. The van der Waals surface area contributed by atoms with E-state index in [0.717, 1.165) is 25.7 Å². The Morgan fingerprint density at radius 2 is 2.09 bits per heavy atom. The second kappa shape index (κ2) is 2.80. The van der Waals surface area contributed by atoms with Crippen molar-refractivity contribution in [2.45, 2.75) is 38.5 Å². The largest absolute Gasteiger partial charge is 0.299 e. The number of fused-ring (bicyclic) bond motifs is 1. The van der Waals surface area contributed by atoms with E-state index in [-0.39, 0.29) is 0 Å². The molecule has 0 spiro atoms. The van der Waals surface area contributed by atoms with Crippen LogP contribution in [0, 0.1) is 5.92 Å². The Morgan fingerprint density at radius 1 is 1.27 bits per heavy atom. The molecule has 2 aliphatic rings. The normalized spacial score (nSPS) is 31.1. The Labute approximate surface area is 67.5 Å². The van der Waals surface area contributed by atoms with Crippen LogP contribution in [0.25, 0.3) is 0 Å². The van der Waals surface area contributed by atoms with Crippen LogP contribution < -0.4 is 0 Å². The first-order chi connectivity index (χ1) is 5.38. The Kier molecular flexibility index (Phi) is 1.80. The first-order valence-corrected chi connectivity index (χ1v) is 4.59. The molecular formula is C10H14O. The second-order valence-electron chi connectivity index (χ2n) is 3.58. The minimum atomic E-state index is 0.345. The lowest BCUT2D eigenvalue weighted by Crippen LogP contribution is -2.10. The summed E-state index contributed by atoms with van der Waals surface area (Å²) in [6.45, 7) is 0. The van der Waals surface area contributed by atoms with Crippen molar-refractivity contribution >= 4 is 5.78 Å². The third-order valence-corrected chi connectivity index (χ3v) is 2.84. The molecule has 0 bridgehead atoms. The predicted molar refractivity (Wildman–Crippen MR) is 44.3 cm³/mol. The first kappa shape index (κ1) is 7.08. The van der Waals surface area contributed by atoms with E-state index in [4.69, 9.17) is 0 Å². The molecule has 0 aromatic rings. The molecule has 2 rings (SSSR count). The van der Waals surface area contributed by atoms with Crippen molar-refractivity contribution in [3.05, 3.63) is 11.6 Å². The highest BCUT2D eigenvalue weighted by atomic mass is 16.1. The summed E-state index contributed by atoms with van der Waals surface area (Å²) in [5.74, 6) is 0.851. The molecule has 0 radical (unpaired) electrons. The standard InChI is InChI=1S/C10H14O/c11-10-7-2-1-4-8-5-3-6-9(8)10/h5,9H,1-4,6-7H2. The van der Waals surface area contributed by atoms with Crippen molar-refractivity contribution in [1.29, 1.82) is 0 Å². The van der Waals surface area contributed by atoms with Crippen LogP contribution in [0.2, 0.25) is 0 Å². The second-order valence-corrected chi connectivity index (χ2v) is 3.58. The van der Waals surface area contributed by atoms with Gasteiger partial charge in [-0.3, -0.25) is 4.79 Å². The molecule has 1 unspecified atom stereocenters. The van der Waals surface area contributed by atoms with E-state index in [1.165, 1.54) is 18.4 Å². The summed E-state index contributed by atoms with van der Waals surface area (Å²) >= 11 is 0. The van der Waals surface area contributed by atoms with Gasteiger partial charge in [0.25, 0.3) is 0 Å². The van der Waals surface area contributed by atoms with Crippen molar-refractivity contribution < 1.29 is 4.79 Å². The lowest BCUT2D eigenvalue weighted by molar-refractivity contribution is -0.121. The zero-order valence-corrected chi connectivity index (χ0v) is 6.81. The highest BCUT2D eigenvalue weighted by Crippen LogP contribution is 2.34. The number of carbonyl (C=O) groups is 1. The zero-order chi connectivity index (χ0) is 7.68. The Balaban J connectivity index is 2.18. The molecule has 1 nitrogen and oxygen atoms in total. The van der Waals surface area contributed by atoms with Gasteiger partial charge >= 0.3 is 0 Å². The molecule has 0 heterocycles. The van der Waals surface area contributed by atoms with Gasteiger partial charge in [-0.05, 0) is 32.1 Å². The summed E-state index contributed by atoms with van der Waals surface area (Å²) in [4.78, 5) is 11.5. The van der Waals surface area contributed by atoms with Crippen molar-refractivity contribution in [3.63, 3.8) is 0 Å². The minimum absolute atomic E-state index is 0.345. The van der Waals surface area contributed by atoms with Crippen LogP contribution in [-0.4, -0.2) is 5.78 Å². The van der Waals surface area contributed by atoms with Crippen LogP contribution in [-0.2, 0) is 4.79 Å². The van der Waals surface area contributed by atoms with Gasteiger partial charge < -0.3 is 0 Å². The molecule has 1 fully saturated rings. The Bertz CT molecular complexity index is 203. The maximum absolute atomic E-state index is 11.5. The van der Waals surface area contributed by atoms with E-state index in [2.05, 4.69) is 6.08 Å². The van der Waals surface area contributed by atoms with E-state index in [1.54, 1.807) is 0 Å². The molecule has 0 amide bonds. The maximum Gasteiger partial charge on any atom is 0.140 e. The smallest absolute Gasteiger partial charge is 0.140 e. The monoisotopic (exact) mass is 150 g/mol. The molecule has 11 heavy (non-hydrogen) atoms. The van der Waals surface area contributed by atoms with Crippen LogP contribution in [0.5, 0.6) is 0 Å². The van der Waals surface area contributed by atoms with Gasteiger partial charge in [-0.1, -0.05) is 11.6 Å². The van der Waals surface area contributed by atoms with Gasteiger partial charge in [-0.25, -0.2) is 0 Å². The Hall–Kier alpha value is -0.590. The fraction of sp³-hybridized carbons (Fsp3) is 0.700. The van der Waals surface area contributed by atoms with Crippen LogP contribution in [0.15, 0.2) is 11.6 Å². The first-order valence-electron chi connectivity index (χ1n) is 4.59. The molecule has 0 aliphatic heterocycles. The van der Waals surface area contributed by atoms with Crippen LogP contribution in [0.3, 0.4) is 0 Å². The van der Waals surface area contributed by atoms with E-state index in [1.807, 2.05) is 0 Å². The quantitative estimate of drug-likeness (QED) is 0.485. The fourth-order valence-corrected chi connectivity index (χ4v) is 2.21. The number of hydrogen-bond acceptors (Lipinski definition) is 1. The SMILES string of the molecule is O=C1CCCCC2=CCCC12. The van der Waals surface area contributed by atoms with Gasteiger partial charge in [0.15, 0.2) is 0 Å². The van der Waals surface area contributed by atoms with Crippen LogP contribution in [0.1, 0.15) is 38.5 Å². The van der Waals surface area contributed by atoms with Crippen LogP contribution in [0.4, 0.5) is 0 Å². The minimum Gasteiger partial charge on any atom is -0.299 e. The molecule has 0 saturated heterocycles. The highest BCUT2D eigenvalue weighted by Gasteiger charge is 2.27. The van der Waals surface area contributed by atoms with E-state index < -0.39 is 0 Å². The Morgan fingerprint density at radius 3 is 3.00 bits per heavy atom. The average Bonchev–Trinajstić information content (AvgIpc) is 2.40. The van der Waals surface area contributed by atoms with Gasteiger partial charge in [0, 0.05) is 12.3 Å². The topological polar surface area (TPSA) is 17.1 Å². The average molecular weight is 150 g/mol. The number of Topliss-reactive ketones (excluding diaryl/α,β-unsaturated/α-hetero) is 1. The molecule has 0 N–H and O–H groups in total. The van der Waals surface area contributed by atoms with Gasteiger partial charge in [-0.15, -0.1) is 0 Å². The van der Waals surface area contributed by atoms with Gasteiger partial charge in [0.2, 0.25) is 0 Å². The van der Waals surface area contributed by atoms with Gasteiger partial charge in [0.1, 0.15) is 5.78 Å². The van der Waals surface area contributed by atoms with E-state index in [9.17, 15) is 4.79 Å². The molecule has 0 aromatic carbocycles. The molecular weight excluding hydrogens is 136 g/mol. The molecule has 1 saturated carbocycles. The zero-order valence-electron chi connectivity index (χ0n) is 6.81. The van der Waals surface area contributed by atoms with Gasteiger partial charge in [0.05, 0.1) is 0 Å². The molecule has 1 atom stereocenters. The lowest BCUT2D eigenvalue weighted by atomic mass is 9.96. The fourth-order valence-electron chi connectivity index (χ4n) is 2.21. The third-order valence-electron chi connectivity index (χ3n) is 2.84. The predicted octanol–water partition coefficient (Wildman–Crippen LogP) is 2.47. The highest BCUT2D eigenvalue weighted by molar-refractivity contribution is 5.84. The summed E-state index contributed by atoms with van der Waals surface area (Å²) in [5.41, 5.74) is 1.45. The molecule has 1 heteroatoms. The van der Waals surface area contributed by atoms with Crippen LogP contribution >= 0.6 is 0 Å². The summed E-state index contributed by atoms with van der Waals surface area (Å²) in [7, 11) is 0. The number of carbonyl (C=O) groups excluding carboxylic acids is 1. The third kappa shape index (κ3) is 1.24. The lowest BCUT2D eigenvalue weighted by Gasteiger charge is -2.07. The van der Waals surface area contributed by atoms with Crippen molar-refractivity contribution in [3.8, 4) is 0 Å². The van der Waals surface area contributed by atoms with Crippen molar-refractivity contribution in [1.82, 2.24) is 0 Å². The number of ketones is 1. The number of allylic oxidation sites excluding steroid dienone is 2. The van der Waals surface area contributed by atoms with E-state index >= 15 is 0 Å². The molecule has 2 aliphatic carbocycles. The van der Waals surface area contributed by atoms with Crippen molar-refractivity contribution in [2.24, 2.45) is 5.92 Å². The maximum atomic E-state index is 11.5. The summed E-state index contributed by atoms with van der Waals surface area (Å²) in [5, 5.41) is 0. The van der Waals surface area contributed by atoms with E-state index in [0.29, 0.717) is 11.7 Å².